The molecule has 1 aromatic carbocycles. The lowest BCUT2D eigenvalue weighted by atomic mass is 9.85. The van der Waals surface area contributed by atoms with Crippen molar-refractivity contribution in [1.82, 2.24) is 5.32 Å². The first-order valence-electron chi connectivity index (χ1n) is 6.66. The molecule has 2 nitrogen and oxygen atoms in total. The average Bonchev–Trinajstić information content (AvgIpc) is 2.26. The molecule has 5 heteroatoms. The second-order valence-electron chi connectivity index (χ2n) is 5.61. The lowest BCUT2D eigenvalue weighted by molar-refractivity contribution is 0.0928. The van der Waals surface area contributed by atoms with Gasteiger partial charge in [0.1, 0.15) is 17.2 Å². The standard InChI is InChI=1S/C15H20BrF2NO/c1-8(2)11(9(3)4)7-19-15(20)14-12(17)5-10(16)6-13(14)18/h5-6,8-9,11H,7H2,1-4H3,(H,19,20). The molecule has 0 atom stereocenters. The molecular formula is C15H20BrF2NO. The van der Waals surface area contributed by atoms with Crippen molar-refractivity contribution in [2.75, 3.05) is 6.54 Å². The number of hydrogen-bond acceptors (Lipinski definition) is 1. The van der Waals surface area contributed by atoms with E-state index in [2.05, 4.69) is 48.9 Å². The molecular weight excluding hydrogens is 328 g/mol. The van der Waals surface area contributed by atoms with Gasteiger partial charge in [-0.1, -0.05) is 43.6 Å². The lowest BCUT2D eigenvalue weighted by Crippen LogP contribution is -2.34. The highest BCUT2D eigenvalue weighted by molar-refractivity contribution is 9.10. The largest absolute Gasteiger partial charge is 0.352 e. The van der Waals surface area contributed by atoms with E-state index in [4.69, 9.17) is 0 Å². The molecule has 1 aromatic rings. The third-order valence-electron chi connectivity index (χ3n) is 3.44. The Hall–Kier alpha value is -0.970. The Morgan fingerprint density at radius 1 is 1.15 bits per heavy atom. The van der Waals surface area contributed by atoms with Crippen LogP contribution in [0.3, 0.4) is 0 Å². The van der Waals surface area contributed by atoms with Gasteiger partial charge in [0.15, 0.2) is 0 Å². The number of hydrogen-bond donors (Lipinski definition) is 1. The number of rotatable bonds is 5. The third-order valence-corrected chi connectivity index (χ3v) is 3.90. The average molecular weight is 348 g/mol. The van der Waals surface area contributed by atoms with Crippen LogP contribution < -0.4 is 5.32 Å². The summed E-state index contributed by atoms with van der Waals surface area (Å²) in [5, 5.41) is 2.63. The van der Waals surface area contributed by atoms with E-state index < -0.39 is 23.1 Å². The van der Waals surface area contributed by atoms with Gasteiger partial charge in [-0.25, -0.2) is 8.78 Å². The number of halogens is 3. The summed E-state index contributed by atoms with van der Waals surface area (Å²) in [5.41, 5.74) is -0.528. The maximum absolute atomic E-state index is 13.7. The zero-order valence-electron chi connectivity index (χ0n) is 12.1. The highest BCUT2D eigenvalue weighted by atomic mass is 79.9. The van der Waals surface area contributed by atoms with Crippen LogP contribution >= 0.6 is 15.9 Å². The zero-order chi connectivity index (χ0) is 15.4. The van der Waals surface area contributed by atoms with E-state index in [0.29, 0.717) is 18.4 Å². The van der Waals surface area contributed by atoms with Crippen LogP contribution in [0.1, 0.15) is 38.1 Å². The molecule has 0 aliphatic carbocycles. The maximum Gasteiger partial charge on any atom is 0.257 e. The first-order valence-corrected chi connectivity index (χ1v) is 7.46. The van der Waals surface area contributed by atoms with E-state index in [9.17, 15) is 13.6 Å². The molecule has 0 aromatic heterocycles. The summed E-state index contributed by atoms with van der Waals surface area (Å²) in [6, 6.07) is 2.17. The number of carbonyl (C=O) groups is 1. The number of carbonyl (C=O) groups excluding carboxylic acids is 1. The molecule has 0 aliphatic heterocycles. The third kappa shape index (κ3) is 4.27. The van der Waals surface area contributed by atoms with Crippen LogP contribution in [0.2, 0.25) is 0 Å². The number of nitrogens with one attached hydrogen (secondary N) is 1. The van der Waals surface area contributed by atoms with Crippen LogP contribution in [0.5, 0.6) is 0 Å². The first kappa shape index (κ1) is 17.1. The predicted octanol–water partition coefficient (Wildman–Crippen LogP) is 4.39. The molecule has 0 aliphatic rings. The van der Waals surface area contributed by atoms with E-state index >= 15 is 0 Å². The van der Waals surface area contributed by atoms with E-state index in [0.717, 1.165) is 12.1 Å². The van der Waals surface area contributed by atoms with Gasteiger partial charge in [0.25, 0.3) is 5.91 Å². The predicted molar refractivity (Wildman–Crippen MR) is 79.6 cm³/mol. The first-order chi connectivity index (χ1) is 9.23. The van der Waals surface area contributed by atoms with Crippen molar-refractivity contribution in [3.63, 3.8) is 0 Å². The minimum Gasteiger partial charge on any atom is -0.352 e. The van der Waals surface area contributed by atoms with Crippen LogP contribution in [0.25, 0.3) is 0 Å². The van der Waals surface area contributed by atoms with Gasteiger partial charge in [-0.2, -0.15) is 0 Å². The van der Waals surface area contributed by atoms with Crippen molar-refractivity contribution in [2.24, 2.45) is 17.8 Å². The van der Waals surface area contributed by atoms with E-state index in [1.54, 1.807) is 0 Å². The summed E-state index contributed by atoms with van der Waals surface area (Å²) in [7, 11) is 0. The molecule has 0 saturated carbocycles. The van der Waals surface area contributed by atoms with Gasteiger partial charge in [-0.15, -0.1) is 0 Å². The van der Waals surface area contributed by atoms with Crippen molar-refractivity contribution in [3.05, 3.63) is 33.8 Å². The Morgan fingerprint density at radius 3 is 2.00 bits per heavy atom. The highest BCUT2D eigenvalue weighted by Gasteiger charge is 2.22. The quantitative estimate of drug-likeness (QED) is 0.840. The fourth-order valence-electron chi connectivity index (χ4n) is 2.30. The fourth-order valence-corrected chi connectivity index (χ4v) is 2.70. The Labute approximate surface area is 127 Å². The van der Waals surface area contributed by atoms with Gasteiger partial charge in [0.05, 0.1) is 0 Å². The summed E-state index contributed by atoms with van der Waals surface area (Å²) in [6.45, 7) is 8.67. The van der Waals surface area contributed by atoms with Crippen molar-refractivity contribution < 1.29 is 13.6 Å². The lowest BCUT2D eigenvalue weighted by Gasteiger charge is -2.25. The Kier molecular flexibility index (Phi) is 6.11. The molecule has 0 unspecified atom stereocenters. The van der Waals surface area contributed by atoms with Crippen LogP contribution in [0, 0.1) is 29.4 Å². The van der Waals surface area contributed by atoms with Crippen LogP contribution in [0.15, 0.2) is 16.6 Å². The van der Waals surface area contributed by atoms with Crippen molar-refractivity contribution >= 4 is 21.8 Å². The summed E-state index contributed by atoms with van der Waals surface area (Å²) >= 11 is 2.98. The molecule has 0 saturated heterocycles. The smallest absolute Gasteiger partial charge is 0.257 e. The van der Waals surface area contributed by atoms with Crippen LogP contribution in [-0.2, 0) is 0 Å². The Morgan fingerprint density at radius 2 is 1.60 bits per heavy atom. The van der Waals surface area contributed by atoms with Gasteiger partial charge in [0, 0.05) is 11.0 Å². The van der Waals surface area contributed by atoms with E-state index in [1.165, 1.54) is 0 Å². The van der Waals surface area contributed by atoms with Gasteiger partial charge < -0.3 is 5.32 Å². The molecule has 0 fully saturated rings. The van der Waals surface area contributed by atoms with Gasteiger partial charge in [-0.3, -0.25) is 4.79 Å². The Bertz CT molecular complexity index is 458. The van der Waals surface area contributed by atoms with Crippen LogP contribution in [0.4, 0.5) is 8.78 Å². The second-order valence-corrected chi connectivity index (χ2v) is 6.52. The summed E-state index contributed by atoms with van der Waals surface area (Å²) < 4.78 is 27.6. The summed E-state index contributed by atoms with van der Waals surface area (Å²) in [4.78, 5) is 11.9. The highest BCUT2D eigenvalue weighted by Crippen LogP contribution is 2.21. The molecule has 1 amide bonds. The topological polar surface area (TPSA) is 29.1 Å². The van der Waals surface area contributed by atoms with Crippen LogP contribution in [-0.4, -0.2) is 12.5 Å². The zero-order valence-corrected chi connectivity index (χ0v) is 13.7. The fraction of sp³-hybridized carbons (Fsp3) is 0.533. The van der Waals surface area contributed by atoms with Gasteiger partial charge in [0.2, 0.25) is 0 Å². The van der Waals surface area contributed by atoms with Gasteiger partial charge >= 0.3 is 0 Å². The summed E-state index contributed by atoms with van der Waals surface area (Å²) in [5.74, 6) is -1.40. The minimum atomic E-state index is -0.861. The Balaban J connectivity index is 2.82. The van der Waals surface area contributed by atoms with Crippen molar-refractivity contribution in [1.29, 1.82) is 0 Å². The van der Waals surface area contributed by atoms with Crippen molar-refractivity contribution in [2.45, 2.75) is 27.7 Å². The molecule has 0 bridgehead atoms. The molecule has 112 valence electrons. The molecule has 0 heterocycles. The summed E-state index contributed by atoms with van der Waals surface area (Å²) in [6.07, 6.45) is 0. The normalized spacial score (nSPS) is 11.5. The maximum atomic E-state index is 13.7. The SMILES string of the molecule is CC(C)C(CNC(=O)c1c(F)cc(Br)cc1F)C(C)C. The van der Waals surface area contributed by atoms with E-state index in [1.807, 2.05) is 0 Å². The monoisotopic (exact) mass is 347 g/mol. The second kappa shape index (κ2) is 7.16. The molecule has 1 rings (SSSR count). The molecule has 1 N–H and O–H groups in total. The molecule has 0 radical (unpaired) electrons. The minimum absolute atomic E-state index is 0.264. The number of benzene rings is 1. The molecule has 20 heavy (non-hydrogen) atoms. The van der Waals surface area contributed by atoms with Gasteiger partial charge in [-0.05, 0) is 29.9 Å². The van der Waals surface area contributed by atoms with E-state index in [-0.39, 0.29) is 10.4 Å². The number of amides is 1. The molecule has 0 spiro atoms. The van der Waals surface area contributed by atoms with Crippen molar-refractivity contribution in [3.8, 4) is 0 Å².